The third-order valence-corrected chi connectivity index (χ3v) is 4.68. The topological polar surface area (TPSA) is 71.2 Å². The summed E-state index contributed by atoms with van der Waals surface area (Å²) in [5, 5.41) is 3.75. The van der Waals surface area contributed by atoms with Crippen LogP contribution >= 0.6 is 34.2 Å². The number of aromatic amines is 1. The molecular weight excluding hydrogens is 431 g/mol. The molecule has 2 N–H and O–H groups in total. The average molecular weight is 449 g/mol. The minimum atomic E-state index is -0.159. The molecular formula is C16H18ClIN2O3. The summed E-state index contributed by atoms with van der Waals surface area (Å²) < 4.78 is 6.32. The number of alkyl halides is 1. The van der Waals surface area contributed by atoms with Crippen LogP contribution in [0, 0.1) is 3.57 Å². The van der Waals surface area contributed by atoms with Gasteiger partial charge in [-0.05, 0) is 46.7 Å². The molecule has 0 saturated carbocycles. The number of H-pyrrole nitrogens is 1. The first-order valence-electron chi connectivity index (χ1n) is 7.25. The Labute approximate surface area is 153 Å². The highest BCUT2D eigenvalue weighted by Gasteiger charge is 2.18. The number of ether oxygens (including phenoxy) is 1. The minimum absolute atomic E-state index is 0.0119. The first-order chi connectivity index (χ1) is 11.0. The molecule has 0 aliphatic rings. The fourth-order valence-electron chi connectivity index (χ4n) is 2.42. The van der Waals surface area contributed by atoms with E-state index >= 15 is 0 Å². The van der Waals surface area contributed by atoms with Crippen molar-refractivity contribution in [1.82, 2.24) is 10.3 Å². The molecule has 0 spiro atoms. The molecule has 2 rings (SSSR count). The van der Waals surface area contributed by atoms with Crippen LogP contribution in [0.5, 0.6) is 5.75 Å². The van der Waals surface area contributed by atoms with Crippen molar-refractivity contribution in [1.29, 1.82) is 0 Å². The van der Waals surface area contributed by atoms with E-state index in [0.717, 1.165) is 25.8 Å². The maximum absolute atomic E-state index is 12.1. The molecule has 0 bridgehead atoms. The number of hydrogen-bond acceptors (Lipinski definition) is 3. The smallest absolute Gasteiger partial charge is 0.219 e. The van der Waals surface area contributed by atoms with E-state index in [2.05, 4.69) is 32.9 Å². The van der Waals surface area contributed by atoms with Crippen molar-refractivity contribution in [2.24, 2.45) is 0 Å². The Kier molecular flexibility index (Phi) is 6.29. The molecule has 23 heavy (non-hydrogen) atoms. The van der Waals surface area contributed by atoms with E-state index in [-0.39, 0.29) is 17.6 Å². The minimum Gasteiger partial charge on any atom is -0.496 e. The second-order valence-corrected chi connectivity index (χ2v) is 6.45. The monoisotopic (exact) mass is 448 g/mol. The third-order valence-electron chi connectivity index (χ3n) is 3.60. The van der Waals surface area contributed by atoms with Gasteiger partial charge in [0.15, 0.2) is 5.78 Å². The Morgan fingerprint density at radius 3 is 2.74 bits per heavy atom. The van der Waals surface area contributed by atoms with Crippen LogP contribution in [0.2, 0.25) is 0 Å². The molecule has 1 amide bonds. The molecule has 0 fully saturated rings. The van der Waals surface area contributed by atoms with Crippen molar-refractivity contribution >= 4 is 56.8 Å². The molecule has 0 aliphatic carbocycles. The van der Waals surface area contributed by atoms with Crippen LogP contribution in [-0.2, 0) is 11.2 Å². The highest BCUT2D eigenvalue weighted by Crippen LogP contribution is 2.31. The highest BCUT2D eigenvalue weighted by atomic mass is 127. The summed E-state index contributed by atoms with van der Waals surface area (Å²) in [5.74, 6) is 0.492. The summed E-state index contributed by atoms with van der Waals surface area (Å²) in [5.41, 5.74) is 2.22. The van der Waals surface area contributed by atoms with Gasteiger partial charge in [-0.1, -0.05) is 6.92 Å². The third kappa shape index (κ3) is 3.98. The quantitative estimate of drug-likeness (QED) is 0.388. The number of halogens is 2. The van der Waals surface area contributed by atoms with Crippen LogP contribution in [0.4, 0.5) is 0 Å². The van der Waals surface area contributed by atoms with Crippen LogP contribution < -0.4 is 10.1 Å². The van der Waals surface area contributed by atoms with Crippen molar-refractivity contribution in [3.8, 4) is 5.75 Å². The molecule has 7 heteroatoms. The summed E-state index contributed by atoms with van der Waals surface area (Å²) in [6, 6.07) is 3.85. The molecule has 2 aromatic rings. The molecule has 0 atom stereocenters. The SMILES string of the molecule is CCC(=O)NCCc1c(C(=O)CCl)[nH]c2cc(I)c(OC)cc12. The van der Waals surface area contributed by atoms with E-state index in [1.54, 1.807) is 14.0 Å². The van der Waals surface area contributed by atoms with Gasteiger partial charge in [0.2, 0.25) is 5.91 Å². The number of rotatable bonds is 7. The second-order valence-electron chi connectivity index (χ2n) is 5.02. The van der Waals surface area contributed by atoms with Gasteiger partial charge in [0, 0.05) is 23.9 Å². The number of hydrogen-bond donors (Lipinski definition) is 2. The number of carbonyl (C=O) groups excluding carboxylic acids is 2. The van der Waals surface area contributed by atoms with Crippen LogP contribution in [0.1, 0.15) is 29.4 Å². The Morgan fingerprint density at radius 2 is 2.13 bits per heavy atom. The van der Waals surface area contributed by atoms with Crippen molar-refractivity contribution in [2.75, 3.05) is 19.5 Å². The molecule has 0 radical (unpaired) electrons. The predicted octanol–water partition coefficient (Wildman–Crippen LogP) is 3.27. The van der Waals surface area contributed by atoms with Gasteiger partial charge >= 0.3 is 0 Å². The molecule has 0 saturated heterocycles. The fraction of sp³-hybridized carbons (Fsp3) is 0.375. The normalized spacial score (nSPS) is 10.8. The predicted molar refractivity (Wildman–Crippen MR) is 99.6 cm³/mol. The zero-order valence-corrected chi connectivity index (χ0v) is 15.9. The number of Topliss-reactive ketones (excluding diaryl/α,β-unsaturated/α-hetero) is 1. The zero-order valence-electron chi connectivity index (χ0n) is 13.0. The summed E-state index contributed by atoms with van der Waals surface area (Å²) in [7, 11) is 1.61. The summed E-state index contributed by atoms with van der Waals surface area (Å²) in [6.07, 6.45) is 0.987. The number of fused-ring (bicyclic) bond motifs is 1. The maximum Gasteiger partial charge on any atom is 0.219 e. The average Bonchev–Trinajstić information content (AvgIpc) is 2.90. The van der Waals surface area contributed by atoms with Crippen molar-refractivity contribution < 1.29 is 14.3 Å². The summed E-state index contributed by atoms with van der Waals surface area (Å²) >= 11 is 7.90. The lowest BCUT2D eigenvalue weighted by atomic mass is 10.1. The number of aromatic nitrogens is 1. The van der Waals surface area contributed by atoms with Gasteiger partial charge in [-0.15, -0.1) is 11.6 Å². The Morgan fingerprint density at radius 1 is 1.39 bits per heavy atom. The van der Waals surface area contributed by atoms with Gasteiger partial charge in [0.05, 0.1) is 22.3 Å². The number of nitrogens with one attached hydrogen (secondary N) is 2. The van der Waals surface area contributed by atoms with Crippen LogP contribution in [0.15, 0.2) is 12.1 Å². The standard InChI is InChI=1S/C16H18ClIN2O3/c1-3-15(22)19-5-4-9-10-6-14(23-2)11(18)7-12(10)20-16(9)13(21)8-17/h6-7,20H,3-5,8H2,1-2H3,(H,19,22). The number of amides is 1. The maximum atomic E-state index is 12.1. The zero-order chi connectivity index (χ0) is 17.0. The largest absolute Gasteiger partial charge is 0.496 e. The molecule has 1 aromatic carbocycles. The van der Waals surface area contributed by atoms with Crippen LogP contribution in [0.3, 0.4) is 0 Å². The molecule has 1 heterocycles. The highest BCUT2D eigenvalue weighted by molar-refractivity contribution is 14.1. The number of benzene rings is 1. The Bertz CT molecular complexity index is 742. The lowest BCUT2D eigenvalue weighted by Gasteiger charge is -2.07. The lowest BCUT2D eigenvalue weighted by molar-refractivity contribution is -0.120. The van der Waals surface area contributed by atoms with Gasteiger partial charge in [0.25, 0.3) is 0 Å². The van der Waals surface area contributed by atoms with Gasteiger partial charge < -0.3 is 15.0 Å². The van der Waals surface area contributed by atoms with Crippen molar-refractivity contribution in [2.45, 2.75) is 19.8 Å². The molecule has 5 nitrogen and oxygen atoms in total. The first kappa shape index (κ1) is 18.1. The van der Waals surface area contributed by atoms with Crippen LogP contribution in [-0.4, -0.2) is 36.2 Å². The van der Waals surface area contributed by atoms with E-state index in [0.29, 0.717) is 25.1 Å². The van der Waals surface area contributed by atoms with E-state index in [1.165, 1.54) is 0 Å². The van der Waals surface area contributed by atoms with Crippen molar-refractivity contribution in [3.05, 3.63) is 27.0 Å². The van der Waals surface area contributed by atoms with E-state index in [9.17, 15) is 9.59 Å². The number of carbonyl (C=O) groups is 2. The molecule has 124 valence electrons. The fourth-order valence-corrected chi connectivity index (χ4v) is 3.25. The van der Waals surface area contributed by atoms with E-state index < -0.39 is 0 Å². The van der Waals surface area contributed by atoms with Gasteiger partial charge in [-0.25, -0.2) is 0 Å². The van der Waals surface area contributed by atoms with E-state index in [4.69, 9.17) is 16.3 Å². The molecule has 0 unspecified atom stereocenters. The van der Waals surface area contributed by atoms with Gasteiger partial charge in [-0.3, -0.25) is 9.59 Å². The summed E-state index contributed by atoms with van der Waals surface area (Å²) in [6.45, 7) is 2.27. The number of ketones is 1. The van der Waals surface area contributed by atoms with Gasteiger partial charge in [-0.2, -0.15) is 0 Å². The lowest BCUT2D eigenvalue weighted by Crippen LogP contribution is -2.25. The van der Waals surface area contributed by atoms with E-state index in [1.807, 2.05) is 12.1 Å². The summed E-state index contributed by atoms with van der Waals surface area (Å²) in [4.78, 5) is 26.7. The van der Waals surface area contributed by atoms with Crippen molar-refractivity contribution in [3.63, 3.8) is 0 Å². The Hall–Kier alpha value is -1.28. The molecule has 0 aliphatic heterocycles. The van der Waals surface area contributed by atoms with Crippen LogP contribution in [0.25, 0.3) is 10.9 Å². The Balaban J connectivity index is 2.44. The number of methoxy groups -OCH3 is 1. The molecule has 1 aromatic heterocycles. The second kappa shape index (κ2) is 8.01. The first-order valence-corrected chi connectivity index (χ1v) is 8.87. The van der Waals surface area contributed by atoms with Gasteiger partial charge in [0.1, 0.15) is 5.75 Å².